The summed E-state index contributed by atoms with van der Waals surface area (Å²) in [5, 5.41) is 0. The molecule has 1 fully saturated rings. The second kappa shape index (κ2) is 4.43. The van der Waals surface area contributed by atoms with Crippen molar-refractivity contribution in [2.75, 3.05) is 13.2 Å². The molecule has 3 heterocycles. The number of rotatable bonds is 2. The maximum absolute atomic E-state index is 5.58. The summed E-state index contributed by atoms with van der Waals surface area (Å²) in [5.41, 5.74) is 8.53. The van der Waals surface area contributed by atoms with Gasteiger partial charge in [-0.2, -0.15) is 0 Å². The third-order valence-electron chi connectivity index (χ3n) is 3.27. The second-order valence-electron chi connectivity index (χ2n) is 4.40. The van der Waals surface area contributed by atoms with E-state index in [2.05, 4.69) is 16.0 Å². The average molecular weight is 232 g/mol. The summed E-state index contributed by atoms with van der Waals surface area (Å²) in [6.45, 7) is 2.13. The van der Waals surface area contributed by atoms with Crippen LogP contribution in [0.25, 0.3) is 5.65 Å². The Hall–Kier alpha value is -1.46. The predicted octanol–water partition coefficient (Wildman–Crippen LogP) is 1.08. The number of nitrogens with two attached hydrogens (primary N) is 1. The van der Waals surface area contributed by atoms with Gasteiger partial charge in [0.2, 0.25) is 0 Å². The zero-order valence-electron chi connectivity index (χ0n) is 9.67. The van der Waals surface area contributed by atoms with Crippen LogP contribution in [0.4, 0.5) is 0 Å². The van der Waals surface area contributed by atoms with Gasteiger partial charge in [0, 0.05) is 43.6 Å². The minimum atomic E-state index is 0.467. The quantitative estimate of drug-likeness (QED) is 0.841. The third kappa shape index (κ3) is 2.03. The highest BCUT2D eigenvalue weighted by molar-refractivity contribution is 5.41. The molecule has 0 radical (unpaired) electrons. The van der Waals surface area contributed by atoms with Crippen molar-refractivity contribution in [1.29, 1.82) is 0 Å². The summed E-state index contributed by atoms with van der Waals surface area (Å²) in [5.74, 6) is 0.506. The second-order valence-corrected chi connectivity index (χ2v) is 4.40. The number of hydrogen-bond acceptors (Lipinski definition) is 4. The number of hydrogen-bond donors (Lipinski definition) is 1. The Labute approximate surface area is 99.6 Å². The lowest BCUT2D eigenvalue weighted by Crippen LogP contribution is -2.15. The first-order valence-corrected chi connectivity index (χ1v) is 5.98. The lowest BCUT2D eigenvalue weighted by molar-refractivity contribution is 0.0845. The normalized spacial score (nSPS) is 17.7. The van der Waals surface area contributed by atoms with E-state index in [1.807, 2.05) is 16.9 Å². The lowest BCUT2D eigenvalue weighted by atomic mass is 9.96. The molecule has 1 aliphatic rings. The summed E-state index contributed by atoms with van der Waals surface area (Å²) in [6, 6.07) is 2.06. The monoisotopic (exact) mass is 232 g/mol. The minimum Gasteiger partial charge on any atom is -0.381 e. The van der Waals surface area contributed by atoms with E-state index in [0.717, 1.165) is 43.1 Å². The molecule has 1 saturated heterocycles. The first kappa shape index (κ1) is 10.7. The average Bonchev–Trinajstić information content (AvgIpc) is 2.81. The maximum Gasteiger partial charge on any atom is 0.140 e. The van der Waals surface area contributed by atoms with Crippen molar-refractivity contribution < 1.29 is 4.74 Å². The fraction of sp³-hybridized carbons (Fsp3) is 0.500. The van der Waals surface area contributed by atoms with Crippen LogP contribution in [-0.2, 0) is 11.3 Å². The van der Waals surface area contributed by atoms with E-state index < -0.39 is 0 Å². The molecule has 90 valence electrons. The topological polar surface area (TPSA) is 65.4 Å². The molecular formula is C12H16N4O. The maximum atomic E-state index is 5.58. The molecule has 0 atom stereocenters. The van der Waals surface area contributed by atoms with Gasteiger partial charge in [0.25, 0.3) is 0 Å². The van der Waals surface area contributed by atoms with E-state index in [4.69, 9.17) is 10.5 Å². The molecule has 2 N–H and O–H groups in total. The summed E-state index contributed by atoms with van der Waals surface area (Å²) in [7, 11) is 0. The summed E-state index contributed by atoms with van der Waals surface area (Å²) in [6.07, 6.45) is 5.85. The molecule has 3 rings (SSSR count). The highest BCUT2D eigenvalue weighted by atomic mass is 16.5. The van der Waals surface area contributed by atoms with E-state index >= 15 is 0 Å². The number of ether oxygens (including phenoxy) is 1. The van der Waals surface area contributed by atoms with E-state index in [0.29, 0.717) is 12.5 Å². The van der Waals surface area contributed by atoms with E-state index in [1.54, 1.807) is 0 Å². The predicted molar refractivity (Wildman–Crippen MR) is 63.7 cm³/mol. The molecule has 0 spiro atoms. The van der Waals surface area contributed by atoms with Crippen LogP contribution >= 0.6 is 0 Å². The van der Waals surface area contributed by atoms with Gasteiger partial charge in [0.05, 0.1) is 5.69 Å². The van der Waals surface area contributed by atoms with Crippen LogP contribution in [0.3, 0.4) is 0 Å². The van der Waals surface area contributed by atoms with Crippen LogP contribution in [0, 0.1) is 0 Å². The SMILES string of the molecule is NCc1cn2cnc(C3CCOCC3)cc2n1. The van der Waals surface area contributed by atoms with Gasteiger partial charge in [-0.1, -0.05) is 0 Å². The van der Waals surface area contributed by atoms with Crippen molar-refractivity contribution >= 4 is 5.65 Å². The lowest BCUT2D eigenvalue weighted by Gasteiger charge is -2.21. The molecule has 5 nitrogen and oxygen atoms in total. The molecule has 5 heteroatoms. The molecule has 2 aromatic heterocycles. The zero-order valence-corrected chi connectivity index (χ0v) is 9.67. The van der Waals surface area contributed by atoms with Crippen molar-refractivity contribution in [3.63, 3.8) is 0 Å². The van der Waals surface area contributed by atoms with Crippen LogP contribution in [0.2, 0.25) is 0 Å². The molecule has 0 unspecified atom stereocenters. The van der Waals surface area contributed by atoms with Crippen LogP contribution < -0.4 is 5.73 Å². The molecule has 0 amide bonds. The summed E-state index contributed by atoms with van der Waals surface area (Å²) < 4.78 is 7.29. The van der Waals surface area contributed by atoms with Crippen molar-refractivity contribution in [1.82, 2.24) is 14.4 Å². The van der Waals surface area contributed by atoms with Gasteiger partial charge in [-0.15, -0.1) is 0 Å². The van der Waals surface area contributed by atoms with Crippen LogP contribution in [0.5, 0.6) is 0 Å². The fourth-order valence-corrected chi connectivity index (χ4v) is 2.27. The molecule has 0 aliphatic carbocycles. The van der Waals surface area contributed by atoms with Crippen LogP contribution in [0.1, 0.15) is 30.1 Å². The number of fused-ring (bicyclic) bond motifs is 1. The van der Waals surface area contributed by atoms with E-state index in [1.165, 1.54) is 0 Å². The molecular weight excluding hydrogens is 216 g/mol. The Morgan fingerprint density at radius 1 is 1.41 bits per heavy atom. The molecule has 0 aromatic carbocycles. The first-order chi connectivity index (χ1) is 8.36. The first-order valence-electron chi connectivity index (χ1n) is 5.98. The minimum absolute atomic E-state index is 0.467. The van der Waals surface area contributed by atoms with Gasteiger partial charge in [-0.05, 0) is 12.8 Å². The number of nitrogens with zero attached hydrogens (tertiary/aromatic N) is 3. The summed E-state index contributed by atoms with van der Waals surface area (Å²) in [4.78, 5) is 8.96. The number of aromatic nitrogens is 3. The van der Waals surface area contributed by atoms with Crippen LogP contribution in [-0.4, -0.2) is 27.6 Å². The van der Waals surface area contributed by atoms with Gasteiger partial charge in [-0.25, -0.2) is 9.97 Å². The van der Waals surface area contributed by atoms with Crippen molar-refractivity contribution in [2.45, 2.75) is 25.3 Å². The highest BCUT2D eigenvalue weighted by Crippen LogP contribution is 2.25. The Morgan fingerprint density at radius 3 is 3.00 bits per heavy atom. The van der Waals surface area contributed by atoms with Gasteiger partial charge < -0.3 is 10.5 Å². The van der Waals surface area contributed by atoms with Crippen molar-refractivity contribution in [3.05, 3.63) is 30.0 Å². The Kier molecular flexibility index (Phi) is 2.78. The fourth-order valence-electron chi connectivity index (χ4n) is 2.27. The number of imidazole rings is 1. The van der Waals surface area contributed by atoms with Crippen LogP contribution in [0.15, 0.2) is 18.6 Å². The van der Waals surface area contributed by atoms with Gasteiger partial charge in [0.15, 0.2) is 0 Å². The van der Waals surface area contributed by atoms with Gasteiger partial charge >= 0.3 is 0 Å². The Balaban J connectivity index is 1.94. The van der Waals surface area contributed by atoms with Gasteiger partial charge in [0.1, 0.15) is 12.0 Å². The van der Waals surface area contributed by atoms with E-state index in [-0.39, 0.29) is 0 Å². The Bertz CT molecular complexity index is 516. The molecule has 0 saturated carbocycles. The zero-order chi connectivity index (χ0) is 11.7. The van der Waals surface area contributed by atoms with Crippen molar-refractivity contribution in [3.8, 4) is 0 Å². The van der Waals surface area contributed by atoms with E-state index in [9.17, 15) is 0 Å². The molecule has 1 aliphatic heterocycles. The smallest absolute Gasteiger partial charge is 0.140 e. The van der Waals surface area contributed by atoms with Crippen molar-refractivity contribution in [2.24, 2.45) is 5.73 Å². The third-order valence-corrected chi connectivity index (χ3v) is 3.27. The molecule has 2 aromatic rings. The molecule has 0 bridgehead atoms. The standard InChI is InChI=1S/C12H16N4O/c13-6-10-7-16-8-14-11(5-12(16)15-10)9-1-3-17-4-2-9/h5,7-9H,1-4,6,13H2. The highest BCUT2D eigenvalue weighted by Gasteiger charge is 2.17. The largest absolute Gasteiger partial charge is 0.381 e. The molecule has 17 heavy (non-hydrogen) atoms. The Morgan fingerprint density at radius 2 is 2.24 bits per heavy atom. The van der Waals surface area contributed by atoms with Gasteiger partial charge in [-0.3, -0.25) is 4.40 Å². The summed E-state index contributed by atoms with van der Waals surface area (Å²) >= 11 is 0.